The van der Waals surface area contributed by atoms with Gasteiger partial charge in [0.15, 0.2) is 5.96 Å². The first kappa shape index (κ1) is 17.7. The lowest BCUT2D eigenvalue weighted by Crippen LogP contribution is -2.38. The molecule has 2 rings (SSSR count). The van der Waals surface area contributed by atoms with Crippen molar-refractivity contribution in [2.75, 3.05) is 13.1 Å². The summed E-state index contributed by atoms with van der Waals surface area (Å²) in [5.74, 6) is 0.574. The minimum Gasteiger partial charge on any atom is -0.370 e. The summed E-state index contributed by atoms with van der Waals surface area (Å²) >= 11 is 0. The molecule has 0 radical (unpaired) electrons. The van der Waals surface area contributed by atoms with Crippen molar-refractivity contribution in [3.05, 3.63) is 39.9 Å². The Kier molecular flexibility index (Phi) is 7.41. The highest BCUT2D eigenvalue weighted by Crippen LogP contribution is 2.13. The van der Waals surface area contributed by atoms with Crippen LogP contribution in [0, 0.1) is 10.1 Å². The number of hydrogen-bond acceptors (Lipinski definition) is 3. The van der Waals surface area contributed by atoms with Crippen LogP contribution >= 0.6 is 24.0 Å². The number of guanidine groups is 1. The Balaban J connectivity index is 0.00000220. The zero-order valence-corrected chi connectivity index (χ0v) is 14.2. The van der Waals surface area contributed by atoms with Crippen molar-refractivity contribution in [2.24, 2.45) is 10.7 Å². The first-order valence-electron chi connectivity index (χ1n) is 6.95. The van der Waals surface area contributed by atoms with E-state index in [1.807, 2.05) is 0 Å². The summed E-state index contributed by atoms with van der Waals surface area (Å²) in [7, 11) is 0. The van der Waals surface area contributed by atoms with Crippen LogP contribution in [0.25, 0.3) is 0 Å². The first-order valence-corrected chi connectivity index (χ1v) is 6.95. The van der Waals surface area contributed by atoms with Crippen LogP contribution in [0.3, 0.4) is 0 Å². The maximum Gasteiger partial charge on any atom is 0.269 e. The third-order valence-electron chi connectivity index (χ3n) is 3.50. The van der Waals surface area contributed by atoms with Crippen molar-refractivity contribution in [1.82, 2.24) is 4.90 Å². The third kappa shape index (κ3) is 5.49. The summed E-state index contributed by atoms with van der Waals surface area (Å²) in [4.78, 5) is 16.7. The van der Waals surface area contributed by atoms with Gasteiger partial charge in [0.2, 0.25) is 0 Å². The van der Waals surface area contributed by atoms with Crippen molar-refractivity contribution >= 4 is 35.6 Å². The molecule has 0 spiro atoms. The number of aliphatic imine (C=N–C) groups is 1. The molecule has 6 nitrogen and oxygen atoms in total. The van der Waals surface area contributed by atoms with E-state index < -0.39 is 4.92 Å². The van der Waals surface area contributed by atoms with Gasteiger partial charge in [0.25, 0.3) is 5.69 Å². The molecule has 0 aliphatic carbocycles. The highest BCUT2D eigenvalue weighted by Gasteiger charge is 2.10. The second-order valence-electron chi connectivity index (χ2n) is 5.00. The molecule has 1 aromatic carbocycles. The predicted molar refractivity (Wildman–Crippen MR) is 93.9 cm³/mol. The lowest BCUT2D eigenvalue weighted by molar-refractivity contribution is -0.384. The molecule has 1 aromatic rings. The Hall–Kier alpha value is -1.38. The van der Waals surface area contributed by atoms with Crippen LogP contribution < -0.4 is 5.73 Å². The smallest absolute Gasteiger partial charge is 0.269 e. The maximum absolute atomic E-state index is 10.6. The van der Waals surface area contributed by atoms with Gasteiger partial charge in [0.05, 0.1) is 11.5 Å². The van der Waals surface area contributed by atoms with Gasteiger partial charge >= 0.3 is 0 Å². The predicted octanol–water partition coefficient (Wildman–Crippen LogP) is 2.90. The summed E-state index contributed by atoms with van der Waals surface area (Å²) in [5.41, 5.74) is 7.03. The van der Waals surface area contributed by atoms with Gasteiger partial charge in [-0.25, -0.2) is 4.99 Å². The molecule has 1 heterocycles. The van der Waals surface area contributed by atoms with E-state index in [0.29, 0.717) is 12.5 Å². The molecule has 1 saturated heterocycles. The van der Waals surface area contributed by atoms with Gasteiger partial charge in [0.1, 0.15) is 0 Å². The van der Waals surface area contributed by atoms with E-state index in [1.54, 1.807) is 12.1 Å². The normalized spacial score (nSPS) is 16.0. The van der Waals surface area contributed by atoms with Crippen LogP contribution in [-0.4, -0.2) is 28.9 Å². The maximum atomic E-state index is 10.6. The molecule has 0 atom stereocenters. The Morgan fingerprint density at radius 1 is 1.19 bits per heavy atom. The fraction of sp³-hybridized carbons (Fsp3) is 0.500. The van der Waals surface area contributed by atoms with E-state index in [4.69, 9.17) is 5.73 Å². The van der Waals surface area contributed by atoms with Gasteiger partial charge in [-0.15, -0.1) is 24.0 Å². The minimum atomic E-state index is -0.404. The quantitative estimate of drug-likeness (QED) is 0.276. The average Bonchev–Trinajstić information content (AvgIpc) is 2.74. The topological polar surface area (TPSA) is 84.8 Å². The van der Waals surface area contributed by atoms with Crippen LogP contribution in [0.2, 0.25) is 0 Å². The monoisotopic (exact) mass is 404 g/mol. The molecule has 0 aromatic heterocycles. The van der Waals surface area contributed by atoms with Crippen LogP contribution in [0.1, 0.15) is 31.2 Å². The van der Waals surface area contributed by atoms with E-state index in [0.717, 1.165) is 31.5 Å². The third-order valence-corrected chi connectivity index (χ3v) is 3.50. The standard InChI is InChI=1S/C14H20N4O2.HI/c15-14(17-9-3-1-2-4-10-17)16-11-12-5-7-13(8-6-12)18(19)20;/h5-8H,1-4,9-11H2,(H2,15,16);1H. The van der Waals surface area contributed by atoms with Crippen LogP contribution in [0.4, 0.5) is 5.69 Å². The number of rotatable bonds is 3. The number of nitrogens with two attached hydrogens (primary N) is 1. The Bertz CT molecular complexity index is 482. The van der Waals surface area contributed by atoms with E-state index in [-0.39, 0.29) is 29.7 Å². The SMILES string of the molecule is I.NC(=NCc1ccc([N+](=O)[O-])cc1)N1CCCCCC1. The molecule has 1 aliphatic heterocycles. The molecule has 1 aliphatic rings. The largest absolute Gasteiger partial charge is 0.370 e. The molecular formula is C14H21IN4O2. The van der Waals surface area contributed by atoms with Crippen LogP contribution in [0.5, 0.6) is 0 Å². The molecule has 0 saturated carbocycles. The fourth-order valence-corrected chi connectivity index (χ4v) is 2.30. The zero-order chi connectivity index (χ0) is 14.4. The van der Waals surface area contributed by atoms with Crippen molar-refractivity contribution in [3.8, 4) is 0 Å². The zero-order valence-electron chi connectivity index (χ0n) is 11.9. The van der Waals surface area contributed by atoms with E-state index in [2.05, 4.69) is 9.89 Å². The Morgan fingerprint density at radius 3 is 2.29 bits per heavy atom. The number of nitro groups is 1. The number of nitro benzene ring substituents is 1. The second kappa shape index (κ2) is 8.81. The minimum absolute atomic E-state index is 0. The number of nitrogens with zero attached hydrogens (tertiary/aromatic N) is 3. The Morgan fingerprint density at radius 2 is 1.76 bits per heavy atom. The molecule has 0 bridgehead atoms. The van der Waals surface area contributed by atoms with Gasteiger partial charge < -0.3 is 10.6 Å². The number of hydrogen-bond donors (Lipinski definition) is 1. The van der Waals surface area contributed by atoms with Crippen LogP contribution in [-0.2, 0) is 6.54 Å². The summed E-state index contributed by atoms with van der Waals surface area (Å²) in [6.45, 7) is 2.39. The van der Waals surface area contributed by atoms with Gasteiger partial charge in [-0.05, 0) is 18.4 Å². The molecule has 2 N–H and O–H groups in total. The molecule has 116 valence electrons. The van der Waals surface area contributed by atoms with Gasteiger partial charge in [-0.2, -0.15) is 0 Å². The van der Waals surface area contributed by atoms with Crippen molar-refractivity contribution in [2.45, 2.75) is 32.2 Å². The molecule has 21 heavy (non-hydrogen) atoms. The second-order valence-corrected chi connectivity index (χ2v) is 5.00. The number of halogens is 1. The molecule has 0 unspecified atom stereocenters. The number of benzene rings is 1. The summed E-state index contributed by atoms with van der Waals surface area (Å²) < 4.78 is 0. The summed E-state index contributed by atoms with van der Waals surface area (Å²) in [5, 5.41) is 10.6. The molecule has 7 heteroatoms. The van der Waals surface area contributed by atoms with Crippen molar-refractivity contribution in [1.29, 1.82) is 0 Å². The lowest BCUT2D eigenvalue weighted by atomic mass is 10.2. The van der Waals surface area contributed by atoms with E-state index >= 15 is 0 Å². The van der Waals surface area contributed by atoms with E-state index in [9.17, 15) is 10.1 Å². The van der Waals surface area contributed by atoms with Gasteiger partial charge in [-0.1, -0.05) is 25.0 Å². The summed E-state index contributed by atoms with van der Waals surface area (Å²) in [6, 6.07) is 6.43. The Labute approximate surface area is 141 Å². The lowest BCUT2D eigenvalue weighted by Gasteiger charge is -2.21. The fourth-order valence-electron chi connectivity index (χ4n) is 2.30. The number of non-ortho nitro benzene ring substituents is 1. The van der Waals surface area contributed by atoms with E-state index in [1.165, 1.54) is 25.0 Å². The highest BCUT2D eigenvalue weighted by atomic mass is 127. The van der Waals surface area contributed by atoms with Gasteiger partial charge in [0, 0.05) is 25.2 Å². The molecular weight excluding hydrogens is 383 g/mol. The van der Waals surface area contributed by atoms with Crippen LogP contribution in [0.15, 0.2) is 29.3 Å². The number of likely N-dealkylation sites (tertiary alicyclic amines) is 1. The van der Waals surface area contributed by atoms with Gasteiger partial charge in [-0.3, -0.25) is 10.1 Å². The summed E-state index contributed by atoms with van der Waals surface area (Å²) in [6.07, 6.45) is 4.83. The molecule has 0 amide bonds. The average molecular weight is 404 g/mol. The highest BCUT2D eigenvalue weighted by molar-refractivity contribution is 14.0. The van der Waals surface area contributed by atoms with Crippen molar-refractivity contribution < 1.29 is 4.92 Å². The van der Waals surface area contributed by atoms with Crippen molar-refractivity contribution in [3.63, 3.8) is 0 Å². The first-order chi connectivity index (χ1) is 9.66. The molecule has 1 fully saturated rings.